The van der Waals surface area contributed by atoms with Gasteiger partial charge in [0.1, 0.15) is 0 Å². The van der Waals surface area contributed by atoms with Gasteiger partial charge in [-0.3, -0.25) is 19.6 Å². The predicted octanol–water partition coefficient (Wildman–Crippen LogP) is 9.13. The molecule has 48 heavy (non-hydrogen) atoms. The Morgan fingerprint density at radius 2 is 0.604 bits per heavy atom. The molecule has 1 aliphatic rings. The van der Waals surface area contributed by atoms with Crippen LogP contribution in [0, 0.1) is 0 Å². The highest BCUT2D eigenvalue weighted by molar-refractivity contribution is 5.21. The molecule has 0 saturated carbocycles. The van der Waals surface area contributed by atoms with Gasteiger partial charge in [0, 0.05) is 76.5 Å². The van der Waals surface area contributed by atoms with Gasteiger partial charge in [-0.25, -0.2) is 0 Å². The molecule has 0 N–H and O–H groups in total. The number of hydrogen-bond acceptors (Lipinski definition) is 4. The number of benzene rings is 4. The summed E-state index contributed by atoms with van der Waals surface area (Å²) in [5.74, 6) is 0. The normalized spacial score (nSPS) is 18.6. The largest absolute Gasteiger partial charge is 0.297 e. The van der Waals surface area contributed by atoms with Crippen LogP contribution in [0.2, 0.25) is 0 Å². The third-order valence-electron chi connectivity index (χ3n) is 11.5. The molecule has 0 radical (unpaired) electrons. The molecule has 4 aromatic rings. The molecule has 0 unspecified atom stereocenters. The number of rotatable bonds is 12. The zero-order valence-corrected chi connectivity index (χ0v) is 30.2. The first-order valence-electron chi connectivity index (χ1n) is 18.7. The predicted molar refractivity (Wildman–Crippen MR) is 204 cm³/mol. The second kappa shape index (κ2) is 17.9. The molecule has 0 atom stereocenters. The standard InChI is InChI=1S/C44H60N4/c1-5-43(6-2)44(7-3,8-4)48(38-42-27-19-12-20-28-42)34-32-46(36-40-23-15-10-16-24-40)30-29-45(35-39-21-13-9-14-22-39)31-33-47(43)37-41-25-17-11-18-26-41/h9-28H,5-8,29-38H2,1-4H3. The van der Waals surface area contributed by atoms with Crippen molar-refractivity contribution >= 4 is 0 Å². The van der Waals surface area contributed by atoms with Gasteiger partial charge in [-0.1, -0.05) is 149 Å². The Balaban J connectivity index is 1.59. The maximum Gasteiger partial charge on any atom is 0.0391 e. The molecule has 5 rings (SSSR count). The third kappa shape index (κ3) is 8.65. The Morgan fingerprint density at radius 1 is 0.354 bits per heavy atom. The fraction of sp³-hybridized carbons (Fsp3) is 0.455. The van der Waals surface area contributed by atoms with Crippen molar-refractivity contribution in [2.24, 2.45) is 0 Å². The van der Waals surface area contributed by atoms with Crippen LogP contribution in [0.5, 0.6) is 0 Å². The van der Waals surface area contributed by atoms with Crippen LogP contribution in [-0.4, -0.2) is 69.9 Å². The second-order valence-electron chi connectivity index (χ2n) is 13.8. The number of hydrogen-bond donors (Lipinski definition) is 0. The molecule has 1 heterocycles. The SMILES string of the molecule is CCC1(CC)N(Cc2ccccc2)CCN(Cc2ccccc2)CCN(Cc2ccccc2)CCN(Cc2ccccc2)C1(CC)CC. The Morgan fingerprint density at radius 3 is 0.875 bits per heavy atom. The maximum absolute atomic E-state index is 2.93. The molecular formula is C44H60N4. The van der Waals surface area contributed by atoms with Gasteiger partial charge in [-0.15, -0.1) is 0 Å². The van der Waals surface area contributed by atoms with E-state index in [-0.39, 0.29) is 11.1 Å². The summed E-state index contributed by atoms with van der Waals surface area (Å²) in [7, 11) is 0. The van der Waals surface area contributed by atoms with Crippen LogP contribution in [0.3, 0.4) is 0 Å². The summed E-state index contributed by atoms with van der Waals surface area (Å²) < 4.78 is 0. The van der Waals surface area contributed by atoms with E-state index in [1.54, 1.807) is 0 Å². The van der Waals surface area contributed by atoms with Crippen LogP contribution in [-0.2, 0) is 26.2 Å². The topological polar surface area (TPSA) is 13.0 Å². The maximum atomic E-state index is 2.93. The average Bonchev–Trinajstić information content (AvgIpc) is 3.14. The zero-order chi connectivity index (χ0) is 33.7. The first-order valence-corrected chi connectivity index (χ1v) is 18.7. The highest BCUT2D eigenvalue weighted by Crippen LogP contribution is 2.46. The lowest BCUT2D eigenvalue weighted by Gasteiger charge is -2.61. The van der Waals surface area contributed by atoms with Crippen molar-refractivity contribution in [1.82, 2.24) is 19.6 Å². The minimum atomic E-state index is 0.00297. The smallest absolute Gasteiger partial charge is 0.0391 e. The van der Waals surface area contributed by atoms with Gasteiger partial charge in [-0.2, -0.15) is 0 Å². The van der Waals surface area contributed by atoms with Crippen LogP contribution in [0.15, 0.2) is 121 Å². The molecule has 4 nitrogen and oxygen atoms in total. The molecular weight excluding hydrogens is 585 g/mol. The van der Waals surface area contributed by atoms with Crippen molar-refractivity contribution < 1.29 is 0 Å². The molecule has 4 heteroatoms. The Labute approximate surface area is 292 Å². The van der Waals surface area contributed by atoms with E-state index in [2.05, 4.69) is 169 Å². The van der Waals surface area contributed by atoms with E-state index in [1.165, 1.54) is 22.3 Å². The van der Waals surface area contributed by atoms with Gasteiger partial charge in [0.2, 0.25) is 0 Å². The first kappa shape index (κ1) is 36.0. The van der Waals surface area contributed by atoms with Crippen molar-refractivity contribution in [3.63, 3.8) is 0 Å². The molecule has 0 bridgehead atoms. The summed E-state index contributed by atoms with van der Waals surface area (Å²) in [5.41, 5.74) is 5.63. The van der Waals surface area contributed by atoms with Crippen molar-refractivity contribution in [3.8, 4) is 0 Å². The van der Waals surface area contributed by atoms with E-state index in [0.29, 0.717) is 0 Å². The zero-order valence-electron chi connectivity index (χ0n) is 30.2. The van der Waals surface area contributed by atoms with Gasteiger partial charge >= 0.3 is 0 Å². The summed E-state index contributed by atoms with van der Waals surface area (Å²) in [6, 6.07) is 44.7. The highest BCUT2D eigenvalue weighted by atomic mass is 15.3. The van der Waals surface area contributed by atoms with Gasteiger partial charge in [-0.05, 0) is 47.9 Å². The van der Waals surface area contributed by atoms with E-state index < -0.39 is 0 Å². The first-order chi connectivity index (χ1) is 23.6. The Bertz CT molecular complexity index is 1320. The average molecular weight is 645 g/mol. The summed E-state index contributed by atoms with van der Waals surface area (Å²) in [4.78, 5) is 11.3. The molecule has 0 aliphatic carbocycles. The molecule has 256 valence electrons. The van der Waals surface area contributed by atoms with Crippen LogP contribution in [0.25, 0.3) is 0 Å². The molecule has 0 aromatic heterocycles. The van der Waals surface area contributed by atoms with Crippen molar-refractivity contribution in [3.05, 3.63) is 144 Å². The van der Waals surface area contributed by atoms with Crippen molar-refractivity contribution in [1.29, 1.82) is 0 Å². The summed E-state index contributed by atoms with van der Waals surface area (Å²) in [6.45, 7) is 20.1. The van der Waals surface area contributed by atoms with Gasteiger partial charge in [0.05, 0.1) is 0 Å². The van der Waals surface area contributed by atoms with E-state index >= 15 is 0 Å². The second-order valence-corrected chi connectivity index (χ2v) is 13.8. The highest BCUT2D eigenvalue weighted by Gasteiger charge is 2.53. The Kier molecular flexibility index (Phi) is 13.4. The summed E-state index contributed by atoms with van der Waals surface area (Å²) in [6.07, 6.45) is 4.48. The van der Waals surface area contributed by atoms with E-state index in [9.17, 15) is 0 Å². The molecule has 0 spiro atoms. The van der Waals surface area contributed by atoms with Crippen LogP contribution in [0.1, 0.15) is 75.6 Å². The molecule has 1 fully saturated rings. The quantitative estimate of drug-likeness (QED) is 0.153. The van der Waals surface area contributed by atoms with E-state index in [1.807, 2.05) is 0 Å². The van der Waals surface area contributed by atoms with Gasteiger partial charge in [0.25, 0.3) is 0 Å². The van der Waals surface area contributed by atoms with E-state index in [0.717, 1.165) is 91.1 Å². The lowest BCUT2D eigenvalue weighted by Crippen LogP contribution is -2.71. The Hall–Kier alpha value is -3.28. The van der Waals surface area contributed by atoms with Crippen LogP contribution in [0.4, 0.5) is 0 Å². The van der Waals surface area contributed by atoms with Gasteiger partial charge < -0.3 is 0 Å². The fourth-order valence-corrected chi connectivity index (χ4v) is 8.83. The van der Waals surface area contributed by atoms with E-state index in [4.69, 9.17) is 0 Å². The lowest BCUT2D eigenvalue weighted by molar-refractivity contribution is -0.102. The molecule has 0 amide bonds. The minimum absolute atomic E-state index is 0.00297. The third-order valence-corrected chi connectivity index (χ3v) is 11.5. The van der Waals surface area contributed by atoms with Crippen LogP contribution < -0.4 is 0 Å². The van der Waals surface area contributed by atoms with Crippen molar-refractivity contribution in [2.45, 2.75) is 90.6 Å². The molecule has 1 saturated heterocycles. The fourth-order valence-electron chi connectivity index (χ4n) is 8.83. The molecule has 4 aromatic carbocycles. The summed E-state index contributed by atoms with van der Waals surface area (Å²) in [5, 5.41) is 0. The van der Waals surface area contributed by atoms with Crippen molar-refractivity contribution in [2.75, 3.05) is 39.3 Å². The van der Waals surface area contributed by atoms with Crippen LogP contribution >= 0.6 is 0 Å². The summed E-state index contributed by atoms with van der Waals surface area (Å²) >= 11 is 0. The number of nitrogens with zero attached hydrogens (tertiary/aromatic N) is 4. The molecule has 1 aliphatic heterocycles. The van der Waals surface area contributed by atoms with Gasteiger partial charge in [0.15, 0.2) is 0 Å². The monoisotopic (exact) mass is 644 g/mol. The lowest BCUT2D eigenvalue weighted by atomic mass is 9.66. The minimum Gasteiger partial charge on any atom is -0.297 e.